The number of methoxy groups -OCH3 is 1. The zero-order valence-electron chi connectivity index (χ0n) is 12.6. The number of nitrogen functional groups attached to an aromatic ring is 1. The summed E-state index contributed by atoms with van der Waals surface area (Å²) < 4.78 is 10.8. The van der Waals surface area contributed by atoms with Crippen LogP contribution in [0.1, 0.15) is 30.4 Å². The summed E-state index contributed by atoms with van der Waals surface area (Å²) in [5.41, 5.74) is 6.40. The number of carbonyl (C=O) groups is 1. The van der Waals surface area contributed by atoms with E-state index in [1.165, 1.54) is 11.3 Å². The molecular formula is C13H23N3O3S. The minimum atomic E-state index is -0.214. The maximum Gasteiger partial charge on any atom is 0.263 e. The van der Waals surface area contributed by atoms with Crippen molar-refractivity contribution >= 4 is 27.9 Å². The highest BCUT2D eigenvalue weighted by molar-refractivity contribution is 7.19. The predicted molar refractivity (Wildman–Crippen MR) is 82.8 cm³/mol. The average molecular weight is 301 g/mol. The van der Waals surface area contributed by atoms with Crippen molar-refractivity contribution in [2.24, 2.45) is 0 Å². The number of nitrogens with one attached hydrogen (secondary N) is 2. The fourth-order valence-electron chi connectivity index (χ4n) is 1.67. The minimum Gasteiger partial charge on any atom is -0.486 e. The van der Waals surface area contributed by atoms with Crippen molar-refractivity contribution in [3.05, 3.63) is 4.88 Å². The third-order valence-electron chi connectivity index (χ3n) is 2.48. The Hall–Kier alpha value is -1.47. The molecule has 1 aromatic rings. The highest BCUT2D eigenvalue weighted by atomic mass is 32.1. The molecule has 0 aliphatic rings. The van der Waals surface area contributed by atoms with Gasteiger partial charge in [-0.3, -0.25) is 4.79 Å². The second-order valence-corrected chi connectivity index (χ2v) is 5.77. The number of hydrogen-bond donors (Lipinski definition) is 3. The Morgan fingerprint density at radius 1 is 1.40 bits per heavy atom. The molecule has 0 fully saturated rings. The molecule has 6 nitrogen and oxygen atoms in total. The van der Waals surface area contributed by atoms with Crippen LogP contribution in [0, 0.1) is 0 Å². The van der Waals surface area contributed by atoms with Gasteiger partial charge >= 0.3 is 0 Å². The molecule has 1 unspecified atom stereocenters. The Kier molecular flexibility index (Phi) is 6.09. The van der Waals surface area contributed by atoms with E-state index in [9.17, 15) is 4.79 Å². The Balaban J connectivity index is 3.09. The van der Waals surface area contributed by atoms with Gasteiger partial charge in [-0.25, -0.2) is 0 Å². The third kappa shape index (κ3) is 4.01. The predicted octanol–water partition coefficient (Wildman–Crippen LogP) is 1.92. The first-order chi connectivity index (χ1) is 9.40. The third-order valence-corrected chi connectivity index (χ3v) is 3.60. The molecule has 0 bridgehead atoms. The number of carbonyl (C=O) groups excluding carboxylic acids is 1. The lowest BCUT2D eigenvalue weighted by Gasteiger charge is -2.16. The maximum absolute atomic E-state index is 11.8. The number of rotatable bonds is 7. The first-order valence-corrected chi connectivity index (χ1v) is 7.28. The van der Waals surface area contributed by atoms with Crippen LogP contribution in [0.15, 0.2) is 0 Å². The van der Waals surface area contributed by atoms with Gasteiger partial charge < -0.3 is 25.8 Å². The Bertz CT molecular complexity index is 460. The molecular weight excluding hydrogens is 278 g/mol. The normalized spacial score (nSPS) is 12.3. The van der Waals surface area contributed by atoms with Crippen LogP contribution in [0.2, 0.25) is 0 Å². The standard InChI is InChI=1S/C13H23N3O3S/c1-7(2)19-10-9(14)11(12(17)15-4)20-13(10)16-8(3)6-18-5/h7-8,16H,6,14H2,1-5H3,(H,15,17). The number of thiophene rings is 1. The number of ether oxygens (including phenoxy) is 2. The van der Waals surface area contributed by atoms with Gasteiger partial charge in [-0.2, -0.15) is 0 Å². The molecule has 1 amide bonds. The smallest absolute Gasteiger partial charge is 0.263 e. The van der Waals surface area contributed by atoms with E-state index in [-0.39, 0.29) is 18.1 Å². The van der Waals surface area contributed by atoms with Crippen molar-refractivity contribution in [2.45, 2.75) is 32.9 Å². The molecule has 0 saturated heterocycles. The Morgan fingerprint density at radius 2 is 2.05 bits per heavy atom. The monoisotopic (exact) mass is 301 g/mol. The number of nitrogens with two attached hydrogens (primary N) is 1. The summed E-state index contributed by atoms with van der Waals surface area (Å²) in [6.45, 7) is 6.37. The van der Waals surface area contributed by atoms with Crippen LogP contribution < -0.4 is 21.1 Å². The molecule has 4 N–H and O–H groups in total. The van der Waals surface area contributed by atoms with Crippen LogP contribution in [0.5, 0.6) is 5.75 Å². The lowest BCUT2D eigenvalue weighted by atomic mass is 10.3. The molecule has 0 aliphatic carbocycles. The van der Waals surface area contributed by atoms with Gasteiger partial charge in [-0.15, -0.1) is 11.3 Å². The molecule has 20 heavy (non-hydrogen) atoms. The summed E-state index contributed by atoms with van der Waals surface area (Å²) in [6, 6.07) is 0.0881. The number of anilines is 2. The van der Waals surface area contributed by atoms with E-state index in [0.717, 1.165) is 5.00 Å². The molecule has 0 spiro atoms. The molecule has 114 valence electrons. The van der Waals surface area contributed by atoms with Gasteiger partial charge in [0.2, 0.25) is 0 Å². The van der Waals surface area contributed by atoms with Crippen LogP contribution in [-0.2, 0) is 4.74 Å². The highest BCUT2D eigenvalue weighted by Crippen LogP contribution is 2.43. The second kappa shape index (κ2) is 7.35. The van der Waals surface area contributed by atoms with E-state index in [1.807, 2.05) is 20.8 Å². The van der Waals surface area contributed by atoms with E-state index in [0.29, 0.717) is 22.9 Å². The highest BCUT2D eigenvalue weighted by Gasteiger charge is 2.23. The van der Waals surface area contributed by atoms with Crippen molar-refractivity contribution in [3.63, 3.8) is 0 Å². The molecule has 0 aliphatic heterocycles. The maximum atomic E-state index is 11.8. The van der Waals surface area contributed by atoms with Gasteiger partial charge in [-0.05, 0) is 20.8 Å². The summed E-state index contributed by atoms with van der Waals surface area (Å²) in [4.78, 5) is 12.3. The van der Waals surface area contributed by atoms with E-state index >= 15 is 0 Å². The van der Waals surface area contributed by atoms with Crippen LogP contribution in [0.3, 0.4) is 0 Å². The van der Waals surface area contributed by atoms with E-state index in [1.54, 1.807) is 14.2 Å². The molecule has 0 aromatic carbocycles. The lowest BCUT2D eigenvalue weighted by molar-refractivity contribution is 0.0967. The molecule has 7 heteroatoms. The molecule has 1 atom stereocenters. The molecule has 1 aromatic heterocycles. The van der Waals surface area contributed by atoms with Gasteiger partial charge in [0, 0.05) is 20.2 Å². The summed E-state index contributed by atoms with van der Waals surface area (Å²) in [5.74, 6) is 0.320. The minimum absolute atomic E-state index is 0.0253. The van der Waals surface area contributed by atoms with Crippen LogP contribution in [0.25, 0.3) is 0 Å². The first kappa shape index (κ1) is 16.6. The van der Waals surface area contributed by atoms with Crippen LogP contribution in [-0.4, -0.2) is 38.8 Å². The van der Waals surface area contributed by atoms with Gasteiger partial charge in [0.05, 0.1) is 12.7 Å². The number of hydrogen-bond acceptors (Lipinski definition) is 6. The molecule has 0 radical (unpaired) electrons. The largest absolute Gasteiger partial charge is 0.486 e. The zero-order valence-corrected chi connectivity index (χ0v) is 13.4. The quantitative estimate of drug-likeness (QED) is 0.716. The number of amides is 1. The van der Waals surface area contributed by atoms with E-state index < -0.39 is 0 Å². The summed E-state index contributed by atoms with van der Waals surface area (Å²) in [5, 5.41) is 6.59. The topological polar surface area (TPSA) is 85.6 Å². The van der Waals surface area contributed by atoms with Gasteiger partial charge in [0.25, 0.3) is 5.91 Å². The second-order valence-electron chi connectivity index (χ2n) is 4.75. The summed E-state index contributed by atoms with van der Waals surface area (Å²) >= 11 is 1.29. The van der Waals surface area contributed by atoms with Crippen molar-refractivity contribution in [1.82, 2.24) is 5.32 Å². The Labute approximate surface area is 123 Å². The van der Waals surface area contributed by atoms with E-state index in [4.69, 9.17) is 15.2 Å². The lowest BCUT2D eigenvalue weighted by Crippen LogP contribution is -2.21. The Morgan fingerprint density at radius 3 is 2.55 bits per heavy atom. The molecule has 1 heterocycles. The zero-order chi connectivity index (χ0) is 15.3. The van der Waals surface area contributed by atoms with Crippen molar-refractivity contribution in [1.29, 1.82) is 0 Å². The van der Waals surface area contributed by atoms with Crippen molar-refractivity contribution in [2.75, 3.05) is 31.8 Å². The molecule has 1 rings (SSSR count). The summed E-state index contributed by atoms with van der Waals surface area (Å²) in [6.07, 6.45) is -0.0253. The van der Waals surface area contributed by atoms with Crippen molar-refractivity contribution in [3.8, 4) is 5.75 Å². The fraction of sp³-hybridized carbons (Fsp3) is 0.615. The van der Waals surface area contributed by atoms with Gasteiger partial charge in [0.15, 0.2) is 5.75 Å². The molecule has 0 saturated carbocycles. The SMILES string of the molecule is CNC(=O)c1sc(NC(C)COC)c(OC(C)C)c1N. The van der Waals surface area contributed by atoms with Crippen LogP contribution >= 0.6 is 11.3 Å². The van der Waals surface area contributed by atoms with E-state index in [2.05, 4.69) is 10.6 Å². The first-order valence-electron chi connectivity index (χ1n) is 6.47. The van der Waals surface area contributed by atoms with Gasteiger partial charge in [0.1, 0.15) is 15.6 Å². The van der Waals surface area contributed by atoms with Crippen molar-refractivity contribution < 1.29 is 14.3 Å². The average Bonchev–Trinajstić information content (AvgIpc) is 2.66. The fourth-order valence-corrected chi connectivity index (χ4v) is 2.79. The van der Waals surface area contributed by atoms with Gasteiger partial charge in [-0.1, -0.05) is 0 Å². The van der Waals surface area contributed by atoms with Crippen LogP contribution in [0.4, 0.5) is 10.7 Å². The summed E-state index contributed by atoms with van der Waals surface area (Å²) in [7, 11) is 3.22.